The smallest absolute Gasteiger partial charge is 0.410 e. The van der Waals surface area contributed by atoms with Crippen LogP contribution >= 0.6 is 0 Å². The molecule has 0 radical (unpaired) electrons. The van der Waals surface area contributed by atoms with Crippen LogP contribution < -0.4 is 10.6 Å². The molecule has 0 aromatic heterocycles. The van der Waals surface area contributed by atoms with Crippen molar-refractivity contribution in [2.24, 2.45) is 4.99 Å². The molecule has 0 rings (SSSR count). The molecule has 23 heavy (non-hydrogen) atoms. The molecule has 6 heteroatoms. The lowest BCUT2D eigenvalue weighted by atomic mass is 10.1. The summed E-state index contributed by atoms with van der Waals surface area (Å²) in [6.07, 6.45) is 0.562. The van der Waals surface area contributed by atoms with Gasteiger partial charge >= 0.3 is 6.09 Å². The normalized spacial score (nSPS) is 13.0. The number of aliphatic imine (C=N–C) groups is 1. The molecule has 0 fully saturated rings. The Morgan fingerprint density at radius 2 is 1.74 bits per heavy atom. The number of rotatable bonds is 5. The molecule has 0 bridgehead atoms. The van der Waals surface area contributed by atoms with E-state index in [1.165, 1.54) is 0 Å². The first-order valence-electron chi connectivity index (χ1n) is 8.34. The fraction of sp³-hybridized carbons (Fsp3) is 0.882. The SMILES string of the molecule is CN=C(NCCCN(C(=O)OC(C)(C)C)C(C)C)NC(C)(C)C. The van der Waals surface area contributed by atoms with Crippen molar-refractivity contribution in [3.8, 4) is 0 Å². The zero-order chi connectivity index (χ0) is 18.3. The van der Waals surface area contributed by atoms with Crippen molar-refractivity contribution in [2.45, 2.75) is 79.0 Å². The van der Waals surface area contributed by atoms with Crippen LogP contribution in [-0.2, 0) is 4.74 Å². The Morgan fingerprint density at radius 3 is 2.13 bits per heavy atom. The Labute approximate surface area is 142 Å². The van der Waals surface area contributed by atoms with Crippen molar-refractivity contribution in [1.82, 2.24) is 15.5 Å². The van der Waals surface area contributed by atoms with Crippen LogP contribution in [0, 0.1) is 0 Å². The van der Waals surface area contributed by atoms with Gasteiger partial charge in [0, 0.05) is 31.7 Å². The summed E-state index contributed by atoms with van der Waals surface area (Å²) in [5.41, 5.74) is -0.510. The maximum absolute atomic E-state index is 12.2. The molecule has 0 aliphatic rings. The summed E-state index contributed by atoms with van der Waals surface area (Å²) >= 11 is 0. The van der Waals surface area contributed by atoms with Crippen molar-refractivity contribution >= 4 is 12.1 Å². The second-order valence-electron chi connectivity index (χ2n) is 8.00. The summed E-state index contributed by atoms with van der Waals surface area (Å²) in [4.78, 5) is 18.2. The average molecular weight is 329 g/mol. The first-order valence-corrected chi connectivity index (χ1v) is 8.34. The monoisotopic (exact) mass is 328 g/mol. The number of hydrogen-bond donors (Lipinski definition) is 2. The molecule has 0 atom stereocenters. The quantitative estimate of drug-likeness (QED) is 0.462. The Balaban J connectivity index is 4.37. The Kier molecular flexibility index (Phi) is 8.42. The zero-order valence-electron chi connectivity index (χ0n) is 16.4. The molecular formula is C17H36N4O2. The first kappa shape index (κ1) is 21.5. The molecule has 0 aliphatic carbocycles. The fourth-order valence-electron chi connectivity index (χ4n) is 1.87. The third kappa shape index (κ3) is 10.8. The molecule has 0 unspecified atom stereocenters. The number of ether oxygens (including phenoxy) is 1. The molecule has 0 aliphatic heterocycles. The highest BCUT2D eigenvalue weighted by atomic mass is 16.6. The summed E-state index contributed by atoms with van der Waals surface area (Å²) in [6, 6.07) is 0.108. The molecule has 0 spiro atoms. The van der Waals surface area contributed by atoms with Gasteiger partial charge in [0.15, 0.2) is 5.96 Å². The van der Waals surface area contributed by atoms with Gasteiger partial charge in [0.1, 0.15) is 5.60 Å². The Hall–Kier alpha value is -1.46. The van der Waals surface area contributed by atoms with E-state index in [0.29, 0.717) is 6.54 Å². The third-order valence-corrected chi connectivity index (χ3v) is 2.84. The molecule has 136 valence electrons. The molecule has 1 amide bonds. The van der Waals surface area contributed by atoms with Gasteiger partial charge in [-0.05, 0) is 61.8 Å². The minimum Gasteiger partial charge on any atom is -0.444 e. The summed E-state index contributed by atoms with van der Waals surface area (Å²) in [7, 11) is 1.75. The van der Waals surface area contributed by atoms with Gasteiger partial charge in [-0.1, -0.05) is 0 Å². The molecule has 0 saturated heterocycles. The number of carbonyl (C=O) groups excluding carboxylic acids is 1. The van der Waals surface area contributed by atoms with Crippen molar-refractivity contribution in [1.29, 1.82) is 0 Å². The van der Waals surface area contributed by atoms with Gasteiger partial charge in [-0.15, -0.1) is 0 Å². The van der Waals surface area contributed by atoms with E-state index >= 15 is 0 Å². The van der Waals surface area contributed by atoms with Crippen LogP contribution in [0.15, 0.2) is 4.99 Å². The number of carbonyl (C=O) groups is 1. The highest BCUT2D eigenvalue weighted by Gasteiger charge is 2.23. The fourth-order valence-corrected chi connectivity index (χ4v) is 1.87. The van der Waals surface area contributed by atoms with E-state index in [2.05, 4.69) is 36.4 Å². The predicted octanol–water partition coefficient (Wildman–Crippen LogP) is 2.99. The van der Waals surface area contributed by atoms with E-state index in [9.17, 15) is 4.79 Å². The van der Waals surface area contributed by atoms with Gasteiger partial charge in [0.2, 0.25) is 0 Å². The van der Waals surface area contributed by atoms with Crippen molar-refractivity contribution < 1.29 is 9.53 Å². The summed E-state index contributed by atoms with van der Waals surface area (Å²) in [6.45, 7) is 17.3. The predicted molar refractivity (Wildman–Crippen MR) is 96.9 cm³/mol. The Morgan fingerprint density at radius 1 is 1.17 bits per heavy atom. The van der Waals surface area contributed by atoms with E-state index in [4.69, 9.17) is 4.74 Å². The van der Waals surface area contributed by atoms with Gasteiger partial charge in [-0.2, -0.15) is 0 Å². The maximum atomic E-state index is 12.2. The molecule has 0 aromatic carbocycles. The first-order chi connectivity index (χ1) is 10.4. The van der Waals surface area contributed by atoms with E-state index in [1.807, 2.05) is 34.6 Å². The number of amides is 1. The van der Waals surface area contributed by atoms with Gasteiger partial charge in [-0.25, -0.2) is 4.79 Å². The van der Waals surface area contributed by atoms with Crippen LogP contribution in [0.4, 0.5) is 4.79 Å². The number of nitrogens with one attached hydrogen (secondary N) is 2. The lowest BCUT2D eigenvalue weighted by Gasteiger charge is -2.30. The molecular weight excluding hydrogens is 292 g/mol. The van der Waals surface area contributed by atoms with Crippen LogP contribution in [0.1, 0.15) is 61.8 Å². The minimum absolute atomic E-state index is 0.0394. The van der Waals surface area contributed by atoms with Gasteiger partial charge in [0.25, 0.3) is 0 Å². The summed E-state index contributed by atoms with van der Waals surface area (Å²) < 4.78 is 5.46. The van der Waals surface area contributed by atoms with Crippen molar-refractivity contribution in [2.75, 3.05) is 20.1 Å². The Bertz CT molecular complexity index is 392. The van der Waals surface area contributed by atoms with Gasteiger partial charge < -0.3 is 20.3 Å². The van der Waals surface area contributed by atoms with Crippen molar-refractivity contribution in [3.63, 3.8) is 0 Å². The standard InChI is InChI=1S/C17H36N4O2/c1-13(2)21(15(22)23-17(6,7)8)12-10-11-19-14(18-9)20-16(3,4)5/h13H,10-12H2,1-9H3,(H2,18,19,20). The zero-order valence-corrected chi connectivity index (χ0v) is 16.4. The van der Waals surface area contributed by atoms with E-state index in [-0.39, 0.29) is 17.7 Å². The lowest BCUT2D eigenvalue weighted by molar-refractivity contribution is 0.0190. The number of guanidine groups is 1. The van der Waals surface area contributed by atoms with Gasteiger partial charge in [0.05, 0.1) is 0 Å². The van der Waals surface area contributed by atoms with E-state index < -0.39 is 5.60 Å². The largest absolute Gasteiger partial charge is 0.444 e. The van der Waals surface area contributed by atoms with E-state index in [0.717, 1.165) is 18.9 Å². The van der Waals surface area contributed by atoms with E-state index in [1.54, 1.807) is 11.9 Å². The van der Waals surface area contributed by atoms with Crippen LogP contribution in [0.2, 0.25) is 0 Å². The average Bonchev–Trinajstić information content (AvgIpc) is 2.32. The molecule has 0 aromatic rings. The van der Waals surface area contributed by atoms with Crippen LogP contribution in [-0.4, -0.2) is 54.3 Å². The summed E-state index contributed by atoms with van der Waals surface area (Å²) in [5.74, 6) is 0.769. The minimum atomic E-state index is -0.471. The lowest BCUT2D eigenvalue weighted by Crippen LogP contribution is -2.48. The summed E-state index contributed by atoms with van der Waals surface area (Å²) in [5, 5.41) is 6.57. The topological polar surface area (TPSA) is 66.0 Å². The second-order valence-corrected chi connectivity index (χ2v) is 8.00. The highest BCUT2D eigenvalue weighted by molar-refractivity contribution is 5.80. The molecule has 6 nitrogen and oxygen atoms in total. The van der Waals surface area contributed by atoms with Gasteiger partial charge in [-0.3, -0.25) is 4.99 Å². The maximum Gasteiger partial charge on any atom is 0.410 e. The third-order valence-electron chi connectivity index (χ3n) is 2.84. The molecule has 0 saturated carbocycles. The number of hydrogen-bond acceptors (Lipinski definition) is 3. The number of nitrogens with zero attached hydrogens (tertiary/aromatic N) is 2. The van der Waals surface area contributed by atoms with Crippen LogP contribution in [0.5, 0.6) is 0 Å². The highest BCUT2D eigenvalue weighted by Crippen LogP contribution is 2.12. The molecule has 2 N–H and O–H groups in total. The van der Waals surface area contributed by atoms with Crippen LogP contribution in [0.3, 0.4) is 0 Å². The van der Waals surface area contributed by atoms with Crippen molar-refractivity contribution in [3.05, 3.63) is 0 Å². The second kappa shape index (κ2) is 8.99. The van der Waals surface area contributed by atoms with Crippen LogP contribution in [0.25, 0.3) is 0 Å². The molecule has 0 heterocycles.